The van der Waals surface area contributed by atoms with Crippen LogP contribution in [0.2, 0.25) is 0 Å². The van der Waals surface area contributed by atoms with E-state index in [0.29, 0.717) is 0 Å². The number of fused-ring (bicyclic) bond motifs is 4. The van der Waals surface area contributed by atoms with Gasteiger partial charge in [-0.05, 0) is 52.1 Å². The van der Waals surface area contributed by atoms with Crippen LogP contribution in [0.15, 0.2) is 97.1 Å². The lowest BCUT2D eigenvalue weighted by molar-refractivity contribution is 0.657. The molecule has 1 aliphatic carbocycles. The molecule has 30 heavy (non-hydrogen) atoms. The SMILES string of the molecule is CC1(C)c2ccccc2-c2ccc(C3Nc4ccccc4N3c3ccccc3)cc21. The molecule has 1 unspecified atom stereocenters. The Bertz CT molecular complexity index is 1260. The number of nitrogens with one attached hydrogen (secondary N) is 1. The smallest absolute Gasteiger partial charge is 0.130 e. The molecule has 0 amide bonds. The number of para-hydroxylation sites is 3. The Balaban J connectivity index is 1.50. The van der Waals surface area contributed by atoms with Crippen molar-refractivity contribution in [3.63, 3.8) is 0 Å². The van der Waals surface area contributed by atoms with Crippen LogP contribution in [0.25, 0.3) is 11.1 Å². The normalized spacial score (nSPS) is 17.8. The van der Waals surface area contributed by atoms with Gasteiger partial charge in [0.15, 0.2) is 0 Å². The molecule has 0 spiro atoms. The molecule has 1 N–H and O–H groups in total. The van der Waals surface area contributed by atoms with E-state index in [1.807, 2.05) is 0 Å². The van der Waals surface area contributed by atoms with Gasteiger partial charge in [0.05, 0.1) is 11.4 Å². The molecule has 2 aliphatic rings. The van der Waals surface area contributed by atoms with Gasteiger partial charge >= 0.3 is 0 Å². The van der Waals surface area contributed by atoms with Gasteiger partial charge in [0.1, 0.15) is 6.17 Å². The molecule has 0 fully saturated rings. The Kier molecular flexibility index (Phi) is 3.61. The summed E-state index contributed by atoms with van der Waals surface area (Å²) < 4.78 is 0. The van der Waals surface area contributed by atoms with E-state index in [2.05, 4.69) is 121 Å². The summed E-state index contributed by atoms with van der Waals surface area (Å²) in [6, 6.07) is 35.1. The number of anilines is 3. The Labute approximate surface area is 177 Å². The van der Waals surface area contributed by atoms with E-state index >= 15 is 0 Å². The van der Waals surface area contributed by atoms with Crippen LogP contribution in [-0.2, 0) is 5.41 Å². The molecule has 0 radical (unpaired) electrons. The molecule has 146 valence electrons. The van der Waals surface area contributed by atoms with E-state index in [1.54, 1.807) is 0 Å². The summed E-state index contributed by atoms with van der Waals surface area (Å²) in [6.45, 7) is 4.68. The van der Waals surface area contributed by atoms with Gasteiger partial charge in [-0.1, -0.05) is 86.6 Å². The lowest BCUT2D eigenvalue weighted by Gasteiger charge is -2.29. The van der Waals surface area contributed by atoms with Crippen molar-refractivity contribution >= 4 is 17.1 Å². The minimum atomic E-state index is 0.00493. The zero-order chi connectivity index (χ0) is 20.3. The molecule has 1 atom stereocenters. The number of rotatable bonds is 2. The number of benzene rings is 4. The fourth-order valence-electron chi connectivity index (χ4n) is 5.16. The molecule has 2 heteroatoms. The molecule has 0 aromatic heterocycles. The van der Waals surface area contributed by atoms with E-state index in [0.717, 1.165) is 0 Å². The largest absolute Gasteiger partial charge is 0.359 e. The van der Waals surface area contributed by atoms with E-state index in [1.165, 1.54) is 44.9 Å². The van der Waals surface area contributed by atoms with Crippen LogP contribution in [0.5, 0.6) is 0 Å². The molecular formula is C28H24N2. The van der Waals surface area contributed by atoms with Gasteiger partial charge in [-0.3, -0.25) is 0 Å². The van der Waals surface area contributed by atoms with E-state index in [4.69, 9.17) is 0 Å². The summed E-state index contributed by atoms with van der Waals surface area (Å²) in [5.74, 6) is 0. The van der Waals surface area contributed by atoms with Gasteiger partial charge in [-0.25, -0.2) is 0 Å². The fraction of sp³-hybridized carbons (Fsp3) is 0.143. The van der Waals surface area contributed by atoms with Crippen LogP contribution in [0.3, 0.4) is 0 Å². The average molecular weight is 389 g/mol. The van der Waals surface area contributed by atoms with Gasteiger partial charge in [-0.2, -0.15) is 0 Å². The molecule has 0 saturated heterocycles. The van der Waals surface area contributed by atoms with Crippen LogP contribution in [0.4, 0.5) is 17.1 Å². The first kappa shape index (κ1) is 17.3. The van der Waals surface area contributed by atoms with Crippen LogP contribution in [0.1, 0.15) is 36.7 Å². The quantitative estimate of drug-likeness (QED) is 0.389. The van der Waals surface area contributed by atoms with Crippen LogP contribution in [0, 0.1) is 0 Å². The highest BCUT2D eigenvalue weighted by molar-refractivity contribution is 5.84. The highest BCUT2D eigenvalue weighted by atomic mass is 15.3. The van der Waals surface area contributed by atoms with Crippen molar-refractivity contribution in [1.82, 2.24) is 0 Å². The first-order valence-electron chi connectivity index (χ1n) is 10.6. The number of hydrogen-bond donors (Lipinski definition) is 1. The standard InChI is InChI=1S/C28H24N2/c1-28(2)23-13-7-6-12-21(23)22-17-16-19(18-24(22)28)27-29-25-14-8-9-15-26(25)30(27)20-10-4-3-5-11-20/h3-18,27,29H,1-2H3. The fourth-order valence-corrected chi connectivity index (χ4v) is 5.16. The maximum Gasteiger partial charge on any atom is 0.130 e. The molecule has 2 nitrogen and oxygen atoms in total. The second-order valence-electron chi connectivity index (χ2n) is 8.75. The highest BCUT2D eigenvalue weighted by Crippen LogP contribution is 2.51. The Hall–Kier alpha value is -3.52. The first-order chi connectivity index (χ1) is 14.6. The maximum atomic E-state index is 3.76. The summed E-state index contributed by atoms with van der Waals surface area (Å²) in [4.78, 5) is 2.41. The third kappa shape index (κ3) is 2.37. The first-order valence-corrected chi connectivity index (χ1v) is 10.6. The van der Waals surface area contributed by atoms with Gasteiger partial charge in [-0.15, -0.1) is 0 Å². The summed E-state index contributed by atoms with van der Waals surface area (Å²) in [7, 11) is 0. The molecule has 1 heterocycles. The zero-order valence-electron chi connectivity index (χ0n) is 17.3. The van der Waals surface area contributed by atoms with E-state index in [9.17, 15) is 0 Å². The minimum absolute atomic E-state index is 0.00493. The van der Waals surface area contributed by atoms with Crippen LogP contribution >= 0.6 is 0 Å². The van der Waals surface area contributed by atoms with Crippen LogP contribution in [-0.4, -0.2) is 0 Å². The molecule has 4 aromatic carbocycles. The predicted octanol–water partition coefficient (Wildman–Crippen LogP) is 7.26. The van der Waals surface area contributed by atoms with Gasteiger partial charge < -0.3 is 10.2 Å². The van der Waals surface area contributed by atoms with Crippen molar-refractivity contribution in [2.24, 2.45) is 0 Å². The molecule has 4 aromatic rings. The number of nitrogens with zero attached hydrogens (tertiary/aromatic N) is 1. The molecular weight excluding hydrogens is 364 g/mol. The highest BCUT2D eigenvalue weighted by Gasteiger charge is 2.37. The lowest BCUT2D eigenvalue weighted by Crippen LogP contribution is -2.24. The molecule has 0 saturated carbocycles. The molecule has 1 aliphatic heterocycles. The van der Waals surface area contributed by atoms with Crippen LogP contribution < -0.4 is 10.2 Å². The summed E-state index contributed by atoms with van der Waals surface area (Å²) in [6.07, 6.45) is 0.0645. The maximum absolute atomic E-state index is 3.76. The topological polar surface area (TPSA) is 15.3 Å². The van der Waals surface area contributed by atoms with E-state index < -0.39 is 0 Å². The predicted molar refractivity (Wildman–Crippen MR) is 125 cm³/mol. The second kappa shape index (κ2) is 6.24. The number of hydrogen-bond acceptors (Lipinski definition) is 2. The Morgan fingerprint density at radius 2 is 1.40 bits per heavy atom. The zero-order valence-corrected chi connectivity index (χ0v) is 17.3. The lowest BCUT2D eigenvalue weighted by atomic mass is 9.82. The second-order valence-corrected chi connectivity index (χ2v) is 8.75. The van der Waals surface area contributed by atoms with Crippen molar-refractivity contribution in [1.29, 1.82) is 0 Å². The third-order valence-corrected chi connectivity index (χ3v) is 6.67. The summed E-state index contributed by atoms with van der Waals surface area (Å²) in [5.41, 5.74) is 10.4. The van der Waals surface area contributed by atoms with Crippen molar-refractivity contribution in [3.05, 3.63) is 114 Å². The summed E-state index contributed by atoms with van der Waals surface area (Å²) in [5, 5.41) is 3.76. The van der Waals surface area contributed by atoms with Crippen molar-refractivity contribution in [2.45, 2.75) is 25.4 Å². The van der Waals surface area contributed by atoms with Crippen molar-refractivity contribution < 1.29 is 0 Å². The Morgan fingerprint density at radius 1 is 0.700 bits per heavy atom. The third-order valence-electron chi connectivity index (χ3n) is 6.67. The van der Waals surface area contributed by atoms with Gasteiger partial charge in [0.2, 0.25) is 0 Å². The minimum Gasteiger partial charge on any atom is -0.359 e. The molecule has 6 rings (SSSR count). The summed E-state index contributed by atoms with van der Waals surface area (Å²) >= 11 is 0. The van der Waals surface area contributed by atoms with Gasteiger partial charge in [0, 0.05) is 11.1 Å². The Morgan fingerprint density at radius 3 is 2.27 bits per heavy atom. The van der Waals surface area contributed by atoms with Crippen molar-refractivity contribution in [2.75, 3.05) is 10.2 Å². The van der Waals surface area contributed by atoms with Crippen molar-refractivity contribution in [3.8, 4) is 11.1 Å². The molecule has 0 bridgehead atoms. The van der Waals surface area contributed by atoms with E-state index in [-0.39, 0.29) is 11.6 Å². The monoisotopic (exact) mass is 388 g/mol. The average Bonchev–Trinajstić information content (AvgIpc) is 3.28. The van der Waals surface area contributed by atoms with Gasteiger partial charge in [0.25, 0.3) is 0 Å².